The van der Waals surface area contributed by atoms with E-state index in [1.807, 2.05) is 24.3 Å². The number of benzene rings is 2. The Morgan fingerprint density at radius 1 is 1.21 bits per heavy atom. The highest BCUT2D eigenvalue weighted by Crippen LogP contribution is 2.30. The minimum Gasteiger partial charge on any atom is -0.398 e. The summed E-state index contributed by atoms with van der Waals surface area (Å²) < 4.78 is 0. The number of carbonyl (C=O) groups excluding carboxylic acids is 1. The molecule has 0 fully saturated rings. The third-order valence-corrected chi connectivity index (χ3v) is 3.61. The number of hydrogen-bond donors (Lipinski definition) is 1. The molecule has 2 aromatic rings. The lowest BCUT2D eigenvalue weighted by molar-refractivity contribution is 0.0990. The normalized spacial score (nSPS) is 13.4. The Labute approximate surface area is 116 Å². The van der Waals surface area contributed by atoms with Crippen LogP contribution in [-0.4, -0.2) is 12.5 Å². The summed E-state index contributed by atoms with van der Waals surface area (Å²) >= 11 is 5.86. The molecule has 1 aliphatic heterocycles. The Kier molecular flexibility index (Phi) is 2.91. The van der Waals surface area contributed by atoms with E-state index in [1.54, 1.807) is 23.1 Å². The van der Waals surface area contributed by atoms with Crippen molar-refractivity contribution in [2.45, 2.75) is 6.42 Å². The van der Waals surface area contributed by atoms with Crippen molar-refractivity contribution >= 4 is 28.9 Å². The number of anilines is 2. The molecule has 1 amide bonds. The van der Waals surface area contributed by atoms with Gasteiger partial charge in [0.15, 0.2) is 0 Å². The van der Waals surface area contributed by atoms with Crippen LogP contribution in [0.4, 0.5) is 11.4 Å². The number of fused-ring (bicyclic) bond motifs is 1. The molecule has 0 aromatic heterocycles. The molecule has 0 saturated heterocycles. The molecule has 3 nitrogen and oxygen atoms in total. The lowest BCUT2D eigenvalue weighted by Crippen LogP contribution is -2.29. The van der Waals surface area contributed by atoms with Gasteiger partial charge in [0.25, 0.3) is 5.91 Å². The van der Waals surface area contributed by atoms with Crippen molar-refractivity contribution in [1.82, 2.24) is 0 Å². The standard InChI is InChI=1S/C15H13ClN2O/c16-11-5-6-12(13(17)9-11)15(19)18-8-7-10-3-1-2-4-14(10)18/h1-6,9H,7-8,17H2. The van der Waals surface area contributed by atoms with E-state index in [1.165, 1.54) is 5.56 Å². The summed E-state index contributed by atoms with van der Waals surface area (Å²) in [6.45, 7) is 0.695. The molecule has 3 rings (SSSR count). The van der Waals surface area contributed by atoms with Crippen LogP contribution in [0.2, 0.25) is 5.02 Å². The Hall–Kier alpha value is -2.00. The first kappa shape index (κ1) is 12.1. The Morgan fingerprint density at radius 3 is 2.79 bits per heavy atom. The van der Waals surface area contributed by atoms with Crippen LogP contribution in [0.15, 0.2) is 42.5 Å². The van der Waals surface area contributed by atoms with Crippen LogP contribution in [0.1, 0.15) is 15.9 Å². The van der Waals surface area contributed by atoms with Gasteiger partial charge in [-0.25, -0.2) is 0 Å². The molecule has 96 valence electrons. The maximum Gasteiger partial charge on any atom is 0.260 e. The first-order valence-electron chi connectivity index (χ1n) is 6.11. The Bertz CT molecular complexity index is 654. The van der Waals surface area contributed by atoms with E-state index in [-0.39, 0.29) is 5.91 Å². The number of carbonyl (C=O) groups is 1. The molecular weight excluding hydrogens is 260 g/mol. The van der Waals surface area contributed by atoms with Crippen LogP contribution in [0.5, 0.6) is 0 Å². The average Bonchev–Trinajstić information content (AvgIpc) is 2.82. The SMILES string of the molecule is Nc1cc(Cl)ccc1C(=O)N1CCc2ccccc21. The van der Waals surface area contributed by atoms with Crippen molar-refractivity contribution in [3.63, 3.8) is 0 Å². The van der Waals surface area contributed by atoms with E-state index >= 15 is 0 Å². The minimum absolute atomic E-state index is 0.0703. The highest BCUT2D eigenvalue weighted by atomic mass is 35.5. The van der Waals surface area contributed by atoms with E-state index < -0.39 is 0 Å². The van der Waals surface area contributed by atoms with E-state index in [0.29, 0.717) is 22.8 Å². The second-order valence-corrected chi connectivity index (χ2v) is 5.00. The average molecular weight is 273 g/mol. The fourth-order valence-electron chi connectivity index (χ4n) is 2.42. The van der Waals surface area contributed by atoms with Gasteiger partial charge in [0.1, 0.15) is 0 Å². The van der Waals surface area contributed by atoms with Gasteiger partial charge >= 0.3 is 0 Å². The van der Waals surface area contributed by atoms with Crippen LogP contribution in [0, 0.1) is 0 Å². The number of amides is 1. The molecule has 0 spiro atoms. The van der Waals surface area contributed by atoms with Gasteiger partial charge in [0.2, 0.25) is 0 Å². The number of hydrogen-bond acceptors (Lipinski definition) is 2. The zero-order valence-electron chi connectivity index (χ0n) is 10.3. The van der Waals surface area contributed by atoms with Gasteiger partial charge in [-0.1, -0.05) is 29.8 Å². The van der Waals surface area contributed by atoms with E-state index in [2.05, 4.69) is 0 Å². The molecule has 1 aliphatic rings. The lowest BCUT2D eigenvalue weighted by atomic mass is 10.1. The summed E-state index contributed by atoms with van der Waals surface area (Å²) in [7, 11) is 0. The van der Waals surface area contributed by atoms with Gasteiger partial charge in [0.05, 0.1) is 5.56 Å². The van der Waals surface area contributed by atoms with Crippen molar-refractivity contribution < 1.29 is 4.79 Å². The summed E-state index contributed by atoms with van der Waals surface area (Å²) in [6, 6.07) is 12.9. The topological polar surface area (TPSA) is 46.3 Å². The van der Waals surface area contributed by atoms with Gasteiger partial charge in [-0.05, 0) is 36.2 Å². The Morgan fingerprint density at radius 2 is 2.00 bits per heavy atom. The number of nitrogen functional groups attached to an aromatic ring is 1. The predicted molar refractivity (Wildman–Crippen MR) is 77.7 cm³/mol. The van der Waals surface area contributed by atoms with Gasteiger partial charge in [0, 0.05) is 22.9 Å². The molecule has 0 atom stereocenters. The molecule has 2 N–H and O–H groups in total. The summed E-state index contributed by atoms with van der Waals surface area (Å²) in [5.41, 5.74) is 8.97. The van der Waals surface area contributed by atoms with Crippen molar-refractivity contribution in [2.24, 2.45) is 0 Å². The number of para-hydroxylation sites is 1. The highest BCUT2D eigenvalue weighted by Gasteiger charge is 2.26. The van der Waals surface area contributed by atoms with Gasteiger partial charge in [-0.15, -0.1) is 0 Å². The van der Waals surface area contributed by atoms with Gasteiger partial charge < -0.3 is 10.6 Å². The molecule has 4 heteroatoms. The largest absolute Gasteiger partial charge is 0.398 e. The quantitative estimate of drug-likeness (QED) is 0.811. The summed E-state index contributed by atoms with van der Waals surface area (Å²) in [5, 5.41) is 0.538. The first-order chi connectivity index (χ1) is 9.16. The fraction of sp³-hybridized carbons (Fsp3) is 0.133. The van der Waals surface area contributed by atoms with E-state index in [4.69, 9.17) is 17.3 Å². The van der Waals surface area contributed by atoms with Crippen molar-refractivity contribution in [3.05, 3.63) is 58.6 Å². The Balaban J connectivity index is 1.98. The van der Waals surface area contributed by atoms with Gasteiger partial charge in [-0.2, -0.15) is 0 Å². The molecule has 0 aliphatic carbocycles. The summed E-state index contributed by atoms with van der Waals surface area (Å²) in [5.74, 6) is -0.0703. The van der Waals surface area contributed by atoms with Crippen LogP contribution < -0.4 is 10.6 Å². The fourth-order valence-corrected chi connectivity index (χ4v) is 2.60. The second kappa shape index (κ2) is 4.59. The molecule has 0 bridgehead atoms. The zero-order valence-corrected chi connectivity index (χ0v) is 11.0. The van der Waals surface area contributed by atoms with Crippen molar-refractivity contribution in [3.8, 4) is 0 Å². The van der Waals surface area contributed by atoms with Crippen molar-refractivity contribution in [2.75, 3.05) is 17.2 Å². The third kappa shape index (κ3) is 2.06. The molecule has 0 saturated carbocycles. The maximum atomic E-state index is 12.5. The molecule has 0 unspecified atom stereocenters. The number of halogens is 1. The van der Waals surface area contributed by atoms with Gasteiger partial charge in [-0.3, -0.25) is 4.79 Å². The molecule has 19 heavy (non-hydrogen) atoms. The second-order valence-electron chi connectivity index (χ2n) is 4.57. The number of nitrogens with zero attached hydrogens (tertiary/aromatic N) is 1. The van der Waals surface area contributed by atoms with Crippen LogP contribution in [0.3, 0.4) is 0 Å². The minimum atomic E-state index is -0.0703. The zero-order chi connectivity index (χ0) is 13.4. The lowest BCUT2D eigenvalue weighted by Gasteiger charge is -2.18. The van der Waals surface area contributed by atoms with E-state index in [9.17, 15) is 4.79 Å². The number of rotatable bonds is 1. The molecular formula is C15H13ClN2O. The monoisotopic (exact) mass is 272 g/mol. The molecule has 2 aromatic carbocycles. The first-order valence-corrected chi connectivity index (χ1v) is 6.49. The molecule has 1 heterocycles. The van der Waals surface area contributed by atoms with Crippen molar-refractivity contribution in [1.29, 1.82) is 0 Å². The molecule has 0 radical (unpaired) electrons. The predicted octanol–water partition coefficient (Wildman–Crippen LogP) is 3.13. The highest BCUT2D eigenvalue weighted by molar-refractivity contribution is 6.31. The smallest absolute Gasteiger partial charge is 0.260 e. The number of nitrogens with two attached hydrogens (primary N) is 1. The van der Waals surface area contributed by atoms with Crippen LogP contribution in [0.25, 0.3) is 0 Å². The third-order valence-electron chi connectivity index (χ3n) is 3.38. The van der Waals surface area contributed by atoms with Crippen LogP contribution in [-0.2, 0) is 6.42 Å². The summed E-state index contributed by atoms with van der Waals surface area (Å²) in [6.07, 6.45) is 0.884. The maximum absolute atomic E-state index is 12.5. The van der Waals surface area contributed by atoms with Crippen LogP contribution >= 0.6 is 11.6 Å². The van der Waals surface area contributed by atoms with E-state index in [0.717, 1.165) is 12.1 Å². The summed E-state index contributed by atoms with van der Waals surface area (Å²) in [4.78, 5) is 14.3.